The Morgan fingerprint density at radius 1 is 0.277 bits per heavy atom. The summed E-state index contributed by atoms with van der Waals surface area (Å²) in [6.07, 6.45) is 0. The summed E-state index contributed by atoms with van der Waals surface area (Å²) >= 11 is 0. The van der Waals surface area contributed by atoms with Gasteiger partial charge in [-0.25, -0.2) is 0 Å². The molecule has 0 amide bonds. The van der Waals surface area contributed by atoms with E-state index < -0.39 is 0 Å². The van der Waals surface area contributed by atoms with Crippen LogP contribution >= 0.6 is 0 Å². The average Bonchev–Trinajstić information content (AvgIpc) is 3.50. The third-order valence-electron chi connectivity index (χ3n) is 9.81. The number of hydrogen-bond donors (Lipinski definition) is 0. The Kier molecular flexibility index (Phi) is 5.64. The van der Waals surface area contributed by atoms with Gasteiger partial charge in [-0.3, -0.25) is 0 Å². The van der Waals surface area contributed by atoms with Gasteiger partial charge in [0.05, 0.1) is 0 Å². The standard InChI is InChI=1S/C46H28O/c1-2-12-29(13-3-1)32-24-25-42-40(27-32)41-28-33-16-6-7-17-35(33)45(46(41)47-42)44-38-20-10-8-18-36(38)43(37-19-9-11-21-39(37)44)34-23-22-30-14-4-5-15-31(30)26-34/h1-28H. The van der Waals surface area contributed by atoms with Crippen molar-refractivity contribution < 1.29 is 4.42 Å². The minimum Gasteiger partial charge on any atom is -0.455 e. The Balaban J connectivity index is 1.35. The molecule has 218 valence electrons. The Labute approximate surface area is 271 Å². The van der Waals surface area contributed by atoms with Gasteiger partial charge in [0.1, 0.15) is 11.2 Å². The van der Waals surface area contributed by atoms with Gasteiger partial charge in [0.25, 0.3) is 0 Å². The predicted octanol–water partition coefficient (Wildman–Crippen LogP) is 13.2. The van der Waals surface area contributed by atoms with Crippen LogP contribution < -0.4 is 0 Å². The topological polar surface area (TPSA) is 13.1 Å². The highest BCUT2D eigenvalue weighted by molar-refractivity contribution is 6.28. The lowest BCUT2D eigenvalue weighted by molar-refractivity contribution is 0.670. The molecule has 0 atom stereocenters. The van der Waals surface area contributed by atoms with Gasteiger partial charge in [0, 0.05) is 21.9 Å². The maximum Gasteiger partial charge on any atom is 0.143 e. The van der Waals surface area contributed by atoms with Crippen LogP contribution in [0.1, 0.15) is 0 Å². The second kappa shape index (κ2) is 10.2. The van der Waals surface area contributed by atoms with E-state index in [0.717, 1.165) is 27.5 Å². The second-order valence-corrected chi connectivity index (χ2v) is 12.4. The average molecular weight is 597 g/mol. The van der Waals surface area contributed by atoms with Crippen LogP contribution in [0.2, 0.25) is 0 Å². The molecule has 0 aliphatic carbocycles. The fourth-order valence-corrected chi connectivity index (χ4v) is 7.69. The Bertz CT molecular complexity index is 2780. The van der Waals surface area contributed by atoms with Crippen molar-refractivity contribution in [3.8, 4) is 33.4 Å². The third-order valence-corrected chi connectivity index (χ3v) is 9.81. The van der Waals surface area contributed by atoms with Crippen molar-refractivity contribution in [3.05, 3.63) is 170 Å². The summed E-state index contributed by atoms with van der Waals surface area (Å²) in [6, 6.07) is 61.5. The van der Waals surface area contributed by atoms with Crippen LogP contribution in [0.5, 0.6) is 0 Å². The van der Waals surface area contributed by atoms with E-state index in [4.69, 9.17) is 4.42 Å². The van der Waals surface area contributed by atoms with Gasteiger partial charge in [-0.2, -0.15) is 0 Å². The smallest absolute Gasteiger partial charge is 0.143 e. The highest BCUT2D eigenvalue weighted by atomic mass is 16.3. The monoisotopic (exact) mass is 596 g/mol. The fourth-order valence-electron chi connectivity index (χ4n) is 7.69. The Morgan fingerprint density at radius 3 is 1.57 bits per heavy atom. The van der Waals surface area contributed by atoms with E-state index in [9.17, 15) is 0 Å². The van der Waals surface area contributed by atoms with Crippen molar-refractivity contribution in [2.24, 2.45) is 0 Å². The summed E-state index contributed by atoms with van der Waals surface area (Å²) in [5.74, 6) is 0. The summed E-state index contributed by atoms with van der Waals surface area (Å²) in [6.45, 7) is 0. The van der Waals surface area contributed by atoms with Gasteiger partial charge >= 0.3 is 0 Å². The minimum absolute atomic E-state index is 0.901. The molecule has 0 saturated carbocycles. The molecular formula is C46H28O. The van der Waals surface area contributed by atoms with Gasteiger partial charge in [0.15, 0.2) is 0 Å². The first kappa shape index (κ1) is 26.1. The molecule has 10 rings (SSSR count). The van der Waals surface area contributed by atoms with E-state index in [0.29, 0.717) is 0 Å². The van der Waals surface area contributed by atoms with Crippen LogP contribution in [-0.4, -0.2) is 0 Å². The van der Waals surface area contributed by atoms with Crippen LogP contribution in [0.15, 0.2) is 174 Å². The summed E-state index contributed by atoms with van der Waals surface area (Å²) in [7, 11) is 0. The van der Waals surface area contributed by atoms with Crippen LogP contribution in [-0.2, 0) is 0 Å². The van der Waals surface area contributed by atoms with E-state index in [-0.39, 0.29) is 0 Å². The molecular weight excluding hydrogens is 569 g/mol. The first-order valence-electron chi connectivity index (χ1n) is 16.2. The predicted molar refractivity (Wildman–Crippen MR) is 200 cm³/mol. The zero-order valence-electron chi connectivity index (χ0n) is 25.6. The van der Waals surface area contributed by atoms with Crippen molar-refractivity contribution >= 4 is 65.0 Å². The molecule has 0 bridgehead atoms. The van der Waals surface area contributed by atoms with Crippen molar-refractivity contribution in [2.45, 2.75) is 0 Å². The summed E-state index contributed by atoms with van der Waals surface area (Å²) in [5, 5.41) is 12.1. The zero-order valence-corrected chi connectivity index (χ0v) is 25.6. The van der Waals surface area contributed by atoms with E-state index in [1.165, 1.54) is 70.9 Å². The van der Waals surface area contributed by atoms with Crippen molar-refractivity contribution in [1.29, 1.82) is 0 Å². The lowest BCUT2D eigenvalue weighted by Crippen LogP contribution is -1.92. The molecule has 0 radical (unpaired) electrons. The molecule has 1 heteroatoms. The number of fused-ring (bicyclic) bond motifs is 7. The number of benzene rings is 9. The summed E-state index contributed by atoms with van der Waals surface area (Å²) in [4.78, 5) is 0. The number of rotatable bonds is 3. The molecule has 0 spiro atoms. The molecule has 0 fully saturated rings. The van der Waals surface area contributed by atoms with Crippen molar-refractivity contribution in [1.82, 2.24) is 0 Å². The van der Waals surface area contributed by atoms with Crippen LogP contribution in [0.3, 0.4) is 0 Å². The molecule has 0 saturated heterocycles. The van der Waals surface area contributed by atoms with Crippen molar-refractivity contribution in [2.75, 3.05) is 0 Å². The van der Waals surface area contributed by atoms with E-state index >= 15 is 0 Å². The third kappa shape index (κ3) is 3.97. The molecule has 0 aliphatic rings. The van der Waals surface area contributed by atoms with Crippen LogP contribution in [0, 0.1) is 0 Å². The van der Waals surface area contributed by atoms with E-state index in [2.05, 4.69) is 170 Å². The minimum atomic E-state index is 0.901. The SMILES string of the molecule is c1ccc(-c2ccc3oc4c(-c5c6ccccc6c(-c6ccc7ccccc7c6)c6ccccc56)c5ccccc5cc4c3c2)cc1. The van der Waals surface area contributed by atoms with Gasteiger partial charge in [-0.15, -0.1) is 0 Å². The van der Waals surface area contributed by atoms with Gasteiger partial charge < -0.3 is 4.42 Å². The molecule has 1 heterocycles. The fraction of sp³-hybridized carbons (Fsp3) is 0. The Hall–Kier alpha value is -6.18. The van der Waals surface area contributed by atoms with Gasteiger partial charge in [-0.05, 0) is 89.6 Å². The zero-order chi connectivity index (χ0) is 30.9. The highest BCUT2D eigenvalue weighted by Crippen LogP contribution is 2.49. The largest absolute Gasteiger partial charge is 0.455 e. The highest BCUT2D eigenvalue weighted by Gasteiger charge is 2.23. The molecule has 10 aromatic rings. The maximum atomic E-state index is 6.90. The molecule has 0 N–H and O–H groups in total. The van der Waals surface area contributed by atoms with Crippen LogP contribution in [0.25, 0.3) is 98.4 Å². The van der Waals surface area contributed by atoms with E-state index in [1.54, 1.807) is 0 Å². The molecule has 1 aromatic heterocycles. The summed E-state index contributed by atoms with van der Waals surface area (Å²) < 4.78 is 6.90. The number of furan rings is 1. The molecule has 9 aromatic carbocycles. The normalized spacial score (nSPS) is 11.8. The first-order chi connectivity index (χ1) is 23.3. The lowest BCUT2D eigenvalue weighted by atomic mass is 9.84. The molecule has 0 unspecified atom stereocenters. The quantitative estimate of drug-likeness (QED) is 0.185. The van der Waals surface area contributed by atoms with E-state index in [1.807, 2.05) is 0 Å². The molecule has 1 nitrogen and oxygen atoms in total. The maximum absolute atomic E-state index is 6.90. The van der Waals surface area contributed by atoms with Gasteiger partial charge in [0.2, 0.25) is 0 Å². The number of hydrogen-bond acceptors (Lipinski definition) is 1. The van der Waals surface area contributed by atoms with Gasteiger partial charge in [-0.1, -0.05) is 146 Å². The summed E-state index contributed by atoms with van der Waals surface area (Å²) in [5.41, 5.74) is 9.06. The molecule has 47 heavy (non-hydrogen) atoms. The lowest BCUT2D eigenvalue weighted by Gasteiger charge is -2.19. The first-order valence-corrected chi connectivity index (χ1v) is 16.2. The molecule has 0 aliphatic heterocycles. The van der Waals surface area contributed by atoms with Crippen molar-refractivity contribution in [3.63, 3.8) is 0 Å². The second-order valence-electron chi connectivity index (χ2n) is 12.4. The Morgan fingerprint density at radius 2 is 0.851 bits per heavy atom. The van der Waals surface area contributed by atoms with Crippen LogP contribution in [0.4, 0.5) is 0 Å².